The Kier molecular flexibility index (Phi) is 5.17. The number of H-pyrrole nitrogens is 1. The van der Waals surface area contributed by atoms with Gasteiger partial charge >= 0.3 is 0 Å². The monoisotopic (exact) mass is 462 g/mol. The van der Waals surface area contributed by atoms with Crippen LogP contribution in [0.25, 0.3) is 21.8 Å². The van der Waals surface area contributed by atoms with Gasteiger partial charge in [0.1, 0.15) is 0 Å². The molecule has 0 aliphatic rings. The molecule has 2 N–H and O–H groups in total. The first-order valence-corrected chi connectivity index (χ1v) is 10.5. The minimum atomic E-state index is -0.508. The normalized spacial score (nSPS) is 11.7. The number of aromatic hydroxyl groups is 1. The number of amides is 1. The molecule has 0 saturated heterocycles. The fourth-order valence-corrected chi connectivity index (χ4v) is 4.02. The summed E-state index contributed by atoms with van der Waals surface area (Å²) in [5, 5.41) is 20.6. The van der Waals surface area contributed by atoms with E-state index >= 15 is 0 Å². The number of fused-ring (bicyclic) bond motifs is 2. The third-order valence-corrected chi connectivity index (χ3v) is 5.73. The molecular weight excluding hydrogens is 447 g/mol. The van der Waals surface area contributed by atoms with Crippen molar-refractivity contribution in [3.05, 3.63) is 94.1 Å². The predicted octanol–water partition coefficient (Wildman–Crippen LogP) is 7.11. The number of nitrogens with zero attached hydrogens (tertiary/aromatic N) is 3. The summed E-state index contributed by atoms with van der Waals surface area (Å²) >= 11 is 12.0. The fourth-order valence-electron chi connectivity index (χ4n) is 3.72. The number of para-hydroxylation sites is 1. The second kappa shape index (κ2) is 8.15. The number of hydrogen-bond donors (Lipinski definition) is 2. The van der Waals surface area contributed by atoms with Gasteiger partial charge in [-0.15, -0.1) is 10.2 Å². The third-order valence-electron chi connectivity index (χ3n) is 5.24. The van der Waals surface area contributed by atoms with Crippen molar-refractivity contribution in [2.24, 2.45) is 10.2 Å². The molecule has 5 aromatic rings. The number of nitrogens with one attached hydrogen (secondary N) is 1. The zero-order chi connectivity index (χ0) is 22.2. The molecule has 0 saturated carbocycles. The highest BCUT2D eigenvalue weighted by molar-refractivity contribution is 6.31. The van der Waals surface area contributed by atoms with Crippen LogP contribution in [0.3, 0.4) is 0 Å². The van der Waals surface area contributed by atoms with Crippen molar-refractivity contribution in [2.45, 2.75) is 6.54 Å². The van der Waals surface area contributed by atoms with Crippen molar-refractivity contribution in [3.63, 3.8) is 0 Å². The molecule has 8 heteroatoms. The molecule has 3 aromatic carbocycles. The van der Waals surface area contributed by atoms with Gasteiger partial charge in [-0.05, 0) is 42.0 Å². The second-order valence-corrected chi connectivity index (χ2v) is 8.20. The number of rotatable bonds is 4. The maximum Gasteiger partial charge on any atom is 0.297 e. The maximum absolute atomic E-state index is 13.0. The van der Waals surface area contributed by atoms with Crippen LogP contribution in [0.4, 0.5) is 5.69 Å². The number of hydrogen-bond acceptors (Lipinski definition) is 3. The largest absolute Gasteiger partial charge is 0.493 e. The highest BCUT2D eigenvalue weighted by Gasteiger charge is 2.16. The molecule has 0 atom stereocenters. The molecule has 0 unspecified atom stereocenters. The molecule has 1 amide bonds. The molecule has 0 aliphatic heterocycles. The van der Waals surface area contributed by atoms with E-state index in [2.05, 4.69) is 15.2 Å². The minimum Gasteiger partial charge on any atom is -0.493 e. The first kappa shape index (κ1) is 20.3. The van der Waals surface area contributed by atoms with E-state index in [-0.39, 0.29) is 11.6 Å². The van der Waals surface area contributed by atoms with Crippen molar-refractivity contribution in [1.82, 2.24) is 9.55 Å². The number of aromatic nitrogens is 2. The number of azo groups is 1. The quantitative estimate of drug-likeness (QED) is 0.279. The van der Waals surface area contributed by atoms with E-state index in [4.69, 9.17) is 23.2 Å². The topological polar surface area (TPSA) is 82.7 Å². The van der Waals surface area contributed by atoms with E-state index in [1.165, 1.54) is 0 Å². The SMILES string of the molecule is O=C(N=Nc1c(O)[nH]c2ccc(Cl)cc12)c1cn(Cc2ccc(Cl)cc2)c2ccccc12. The molecule has 2 aromatic heterocycles. The standard InChI is InChI=1S/C24H16Cl2N4O2/c25-15-7-5-14(6-8-15)12-30-13-19(17-3-1-2-4-21(17)30)23(31)29-28-22-18-11-16(26)9-10-20(18)27-24(22)32/h1-11,13,27,32H,12H2. The van der Waals surface area contributed by atoms with Gasteiger partial charge in [-0.3, -0.25) is 4.79 Å². The molecule has 0 radical (unpaired) electrons. The summed E-state index contributed by atoms with van der Waals surface area (Å²) < 4.78 is 1.99. The molecular formula is C24H16Cl2N4O2. The number of carbonyl (C=O) groups is 1. The minimum absolute atomic E-state index is 0.167. The fraction of sp³-hybridized carbons (Fsp3) is 0.0417. The van der Waals surface area contributed by atoms with Gasteiger partial charge in [-0.25, -0.2) is 0 Å². The summed E-state index contributed by atoms with van der Waals surface area (Å²) in [6.07, 6.45) is 1.77. The molecule has 2 heterocycles. The van der Waals surface area contributed by atoms with Gasteiger partial charge < -0.3 is 14.7 Å². The van der Waals surface area contributed by atoms with Gasteiger partial charge in [-0.1, -0.05) is 53.5 Å². The van der Waals surface area contributed by atoms with Crippen LogP contribution < -0.4 is 0 Å². The lowest BCUT2D eigenvalue weighted by Gasteiger charge is -2.05. The number of benzene rings is 3. The van der Waals surface area contributed by atoms with Crippen LogP contribution in [-0.4, -0.2) is 20.6 Å². The Morgan fingerprint density at radius 1 is 0.969 bits per heavy atom. The highest BCUT2D eigenvalue weighted by Crippen LogP contribution is 2.37. The number of halogens is 2. The Morgan fingerprint density at radius 3 is 2.53 bits per heavy atom. The van der Waals surface area contributed by atoms with E-state index < -0.39 is 5.91 Å². The van der Waals surface area contributed by atoms with Crippen molar-refractivity contribution in [2.75, 3.05) is 0 Å². The molecule has 0 aliphatic carbocycles. The van der Waals surface area contributed by atoms with E-state index in [0.29, 0.717) is 33.1 Å². The molecule has 5 rings (SSSR count). The summed E-state index contributed by atoms with van der Waals surface area (Å²) in [6.45, 7) is 0.573. The van der Waals surface area contributed by atoms with Crippen LogP contribution in [0.15, 0.2) is 83.2 Å². The van der Waals surface area contributed by atoms with Crippen LogP contribution in [-0.2, 0) is 6.54 Å². The van der Waals surface area contributed by atoms with E-state index in [1.807, 2.05) is 53.1 Å². The van der Waals surface area contributed by atoms with Gasteiger partial charge in [0.2, 0.25) is 5.88 Å². The lowest BCUT2D eigenvalue weighted by Crippen LogP contribution is -1.98. The summed E-state index contributed by atoms with van der Waals surface area (Å²) in [5.41, 5.74) is 3.20. The molecule has 0 spiro atoms. The zero-order valence-electron chi connectivity index (χ0n) is 16.6. The van der Waals surface area contributed by atoms with E-state index in [0.717, 1.165) is 16.5 Å². The van der Waals surface area contributed by atoms with Gasteiger partial charge in [0.05, 0.1) is 11.1 Å². The molecule has 0 fully saturated rings. The maximum atomic E-state index is 13.0. The lowest BCUT2D eigenvalue weighted by atomic mass is 10.2. The molecule has 32 heavy (non-hydrogen) atoms. The first-order valence-electron chi connectivity index (χ1n) is 9.78. The zero-order valence-corrected chi connectivity index (χ0v) is 18.1. The smallest absolute Gasteiger partial charge is 0.297 e. The van der Waals surface area contributed by atoms with Crippen LogP contribution in [0.5, 0.6) is 5.88 Å². The van der Waals surface area contributed by atoms with Crippen LogP contribution in [0, 0.1) is 0 Å². The Balaban J connectivity index is 1.51. The molecule has 158 valence electrons. The van der Waals surface area contributed by atoms with E-state index in [1.54, 1.807) is 24.4 Å². The average molecular weight is 463 g/mol. The number of aromatic amines is 1. The second-order valence-electron chi connectivity index (χ2n) is 7.33. The van der Waals surface area contributed by atoms with Crippen molar-refractivity contribution < 1.29 is 9.90 Å². The van der Waals surface area contributed by atoms with Crippen molar-refractivity contribution in [1.29, 1.82) is 0 Å². The van der Waals surface area contributed by atoms with Crippen LogP contribution in [0.1, 0.15) is 15.9 Å². The van der Waals surface area contributed by atoms with E-state index in [9.17, 15) is 9.90 Å². The third kappa shape index (κ3) is 3.75. The van der Waals surface area contributed by atoms with Crippen LogP contribution in [0.2, 0.25) is 10.0 Å². The van der Waals surface area contributed by atoms with Crippen molar-refractivity contribution in [3.8, 4) is 5.88 Å². The Labute approximate surface area is 192 Å². The summed E-state index contributed by atoms with van der Waals surface area (Å²) in [7, 11) is 0. The van der Waals surface area contributed by atoms with Crippen LogP contribution >= 0.6 is 23.2 Å². The van der Waals surface area contributed by atoms with Gasteiger partial charge in [0, 0.05) is 39.1 Å². The molecule has 0 bridgehead atoms. The predicted molar refractivity (Wildman–Crippen MR) is 126 cm³/mol. The molecule has 6 nitrogen and oxygen atoms in total. The van der Waals surface area contributed by atoms with Crippen molar-refractivity contribution >= 4 is 56.6 Å². The average Bonchev–Trinajstić information content (AvgIpc) is 3.31. The summed E-state index contributed by atoms with van der Waals surface area (Å²) in [5.74, 6) is -0.684. The Morgan fingerprint density at radius 2 is 1.72 bits per heavy atom. The highest BCUT2D eigenvalue weighted by atomic mass is 35.5. The summed E-state index contributed by atoms with van der Waals surface area (Å²) in [4.78, 5) is 15.8. The first-order chi connectivity index (χ1) is 15.5. The Bertz CT molecular complexity index is 1500. The summed E-state index contributed by atoms with van der Waals surface area (Å²) in [6, 6.07) is 20.3. The van der Waals surface area contributed by atoms with Gasteiger partial charge in [0.15, 0.2) is 5.69 Å². The Hall–Kier alpha value is -3.61. The lowest BCUT2D eigenvalue weighted by molar-refractivity contribution is 0.0996. The number of carbonyl (C=O) groups excluding carboxylic acids is 1. The van der Waals surface area contributed by atoms with Gasteiger partial charge in [0.25, 0.3) is 5.91 Å². The van der Waals surface area contributed by atoms with Gasteiger partial charge in [-0.2, -0.15) is 0 Å².